The van der Waals surface area contributed by atoms with E-state index in [4.69, 9.17) is 37.8 Å². The van der Waals surface area contributed by atoms with Gasteiger partial charge in [0.15, 0.2) is 11.5 Å². The molecule has 2 N–H and O–H groups in total. The van der Waals surface area contributed by atoms with Crippen LogP contribution in [0.25, 0.3) is 0 Å². The number of ether oxygens (including phenoxy) is 3. The number of methoxy groups -OCH3 is 2. The number of benzene rings is 1. The van der Waals surface area contributed by atoms with Crippen LogP contribution in [0.15, 0.2) is 12.1 Å². The molecule has 0 amide bonds. The van der Waals surface area contributed by atoms with E-state index in [-0.39, 0.29) is 4.90 Å². The Kier molecular flexibility index (Phi) is 2.86. The zero-order valence-corrected chi connectivity index (χ0v) is 17.1. The van der Waals surface area contributed by atoms with Crippen molar-refractivity contribution in [3.63, 3.8) is 0 Å². The number of carbonyl (C=O) groups is 1. The maximum absolute atomic E-state index is 13.3. The number of hydrogen-bond acceptors (Lipinski definition) is 6. The second kappa shape index (κ2) is 9.56. The Bertz CT molecular complexity index is 1430. The van der Waals surface area contributed by atoms with Crippen molar-refractivity contribution in [3.05, 3.63) is 23.3 Å². The van der Waals surface area contributed by atoms with Gasteiger partial charge >= 0.3 is 5.97 Å². The number of esters is 1. The fraction of sp³-hybridized carbons (Fsp3) is 0.708. The summed E-state index contributed by atoms with van der Waals surface area (Å²) in [4.78, 5) is 13.2. The third-order valence-electron chi connectivity index (χ3n) is 4.67. The Morgan fingerprint density at radius 2 is 2.20 bits per heavy atom. The average Bonchev–Trinajstić information content (AvgIpc) is 2.89. The summed E-state index contributed by atoms with van der Waals surface area (Å²) < 4.78 is 170. The molecule has 2 heterocycles. The number of fused-ring (bicyclic) bond motifs is 3. The summed E-state index contributed by atoms with van der Waals surface area (Å²) in [6.45, 7) is -7.95. The van der Waals surface area contributed by atoms with Crippen molar-refractivity contribution in [1.82, 2.24) is 4.90 Å². The van der Waals surface area contributed by atoms with E-state index in [1.165, 1.54) is 13.8 Å². The average molecular weight is 437 g/mol. The Hall–Kier alpha value is -1.79. The molecule has 1 fully saturated rings. The van der Waals surface area contributed by atoms with Crippen molar-refractivity contribution in [1.29, 1.82) is 0 Å². The molecule has 2 aliphatic heterocycles. The van der Waals surface area contributed by atoms with Gasteiger partial charge in [0, 0.05) is 51.9 Å². The third kappa shape index (κ3) is 4.75. The van der Waals surface area contributed by atoms with Gasteiger partial charge in [-0.3, -0.25) is 9.69 Å². The first-order valence-electron chi connectivity index (χ1n) is 18.3. The predicted octanol–water partition coefficient (Wildman–Crippen LogP) is 3.56. The van der Waals surface area contributed by atoms with E-state index in [1.807, 2.05) is 0 Å². The molecule has 1 aromatic carbocycles. The van der Waals surface area contributed by atoms with Crippen LogP contribution in [0.1, 0.15) is 82.2 Å². The summed E-state index contributed by atoms with van der Waals surface area (Å²) in [7, 11) is -2.10. The molecule has 0 aromatic heterocycles. The van der Waals surface area contributed by atoms with Crippen LogP contribution in [0.3, 0.4) is 0 Å². The molecule has 0 spiro atoms. The summed E-state index contributed by atoms with van der Waals surface area (Å²) in [5.41, 5.74) is 4.58. The highest BCUT2D eigenvalue weighted by Gasteiger charge is 2.41. The summed E-state index contributed by atoms with van der Waals surface area (Å²) in [6, 6.07) is -2.42. The van der Waals surface area contributed by atoms with Gasteiger partial charge in [-0.15, -0.1) is 0 Å². The highest BCUT2D eigenvalue weighted by atomic mass is 16.5. The van der Waals surface area contributed by atoms with Crippen molar-refractivity contribution in [2.45, 2.75) is 64.9 Å². The van der Waals surface area contributed by atoms with Crippen LogP contribution in [0.5, 0.6) is 11.5 Å². The maximum atomic E-state index is 13.3. The minimum absolute atomic E-state index is 0.124. The minimum Gasteiger partial charge on any atom is -0.493 e. The maximum Gasteiger partial charge on any atom is 0.323 e. The second-order valence-corrected chi connectivity index (χ2v) is 7.23. The molecular weight excluding hydrogens is 380 g/mol. The SMILES string of the molecule is [2H]C([2H])([2H])Oc1cc2c(cc1OC)C([2H])([2H])C([2H])([2H])N1C2C([2H])([2H])C(OC(=O)[C@@H](N)C(C)C)C([2H])(C([2H])([2H])C([2H])(C)C([2H])([2H])[2H])C1([2H])[2H]. The Morgan fingerprint density at radius 1 is 1.43 bits per heavy atom. The molecule has 0 bridgehead atoms. The van der Waals surface area contributed by atoms with Crippen LogP contribution in [0.2, 0.25) is 0 Å². The van der Waals surface area contributed by atoms with Gasteiger partial charge in [-0.05, 0) is 47.8 Å². The lowest BCUT2D eigenvalue weighted by Crippen LogP contribution is -2.51. The van der Waals surface area contributed by atoms with E-state index in [2.05, 4.69) is 0 Å². The number of nitrogens with zero attached hydrogens (tertiary/aromatic N) is 1. The number of piperidine rings is 1. The molecule has 5 atom stereocenters. The molecule has 168 valence electrons. The fourth-order valence-corrected chi connectivity index (χ4v) is 3.00. The first-order chi connectivity index (χ1) is 21.1. The van der Waals surface area contributed by atoms with Gasteiger partial charge in [0.2, 0.25) is 0 Å². The first kappa shape index (κ1) is 8.99. The highest BCUT2D eigenvalue weighted by Crippen LogP contribution is 2.44. The van der Waals surface area contributed by atoms with Crippen LogP contribution in [0, 0.1) is 17.7 Å². The van der Waals surface area contributed by atoms with Crippen molar-refractivity contribution in [3.8, 4) is 11.5 Å². The zero-order valence-electron chi connectivity index (χ0n) is 35.1. The van der Waals surface area contributed by atoms with Crippen LogP contribution >= 0.6 is 0 Å². The third-order valence-corrected chi connectivity index (χ3v) is 4.67. The minimum atomic E-state index is -4.05. The molecule has 3 rings (SSSR count). The van der Waals surface area contributed by atoms with Gasteiger partial charge in [0.05, 0.1) is 18.3 Å². The standard InChI is InChI=1S/C24H38N2O4/c1-14(2)9-17-13-26-8-7-16-10-21(28-5)22(29-6)11-18(16)19(26)12-20(17)30-24(27)23(25)15(3)4/h10-11,14-15,17,19-20,23H,7-9,12-13,25H2,1-6H3/t17?,19?,20?,23-/m0/s1/i1D3,6D3,7D2,8D2,9D2,12D2,13D2,14D,17D/t14?,17?,19?,20?,23-. The van der Waals surface area contributed by atoms with Crippen LogP contribution in [0.4, 0.5) is 0 Å². The molecule has 0 radical (unpaired) electrons. The predicted molar refractivity (Wildman–Crippen MR) is 118 cm³/mol. The molecule has 1 saturated heterocycles. The summed E-state index contributed by atoms with van der Waals surface area (Å²) in [5, 5.41) is 0. The highest BCUT2D eigenvalue weighted by molar-refractivity contribution is 5.76. The van der Waals surface area contributed by atoms with Crippen LogP contribution < -0.4 is 15.2 Å². The summed E-state index contributed by atoms with van der Waals surface area (Å²) in [6.07, 6.45) is -13.9. The number of nitrogens with two attached hydrogens (primary N) is 1. The van der Waals surface area contributed by atoms with Crippen LogP contribution in [-0.4, -0.2) is 50.2 Å². The molecule has 1 aromatic rings. The van der Waals surface area contributed by atoms with E-state index >= 15 is 0 Å². The van der Waals surface area contributed by atoms with Gasteiger partial charge in [0.1, 0.15) is 12.1 Å². The normalized spacial score (nSPS) is 46.2. The zero-order chi connectivity index (χ0) is 37.8. The van der Waals surface area contributed by atoms with Crippen molar-refractivity contribution >= 4 is 5.97 Å². The molecule has 6 heteroatoms. The molecule has 30 heavy (non-hydrogen) atoms. The first-order valence-corrected chi connectivity index (χ1v) is 9.29. The molecule has 4 unspecified atom stereocenters. The lowest BCUT2D eigenvalue weighted by Gasteiger charge is -2.47. The lowest BCUT2D eigenvalue weighted by molar-refractivity contribution is -0.160. The number of hydrogen-bond donors (Lipinski definition) is 1. The van der Waals surface area contributed by atoms with E-state index in [0.717, 1.165) is 19.2 Å². The summed E-state index contributed by atoms with van der Waals surface area (Å²) in [5.74, 6) is -10.8. The van der Waals surface area contributed by atoms with Gasteiger partial charge in [-0.2, -0.15) is 0 Å². The Labute approximate surface area is 206 Å². The smallest absolute Gasteiger partial charge is 0.323 e. The number of aryl methyl sites for hydroxylation is 1. The Morgan fingerprint density at radius 3 is 2.87 bits per heavy atom. The van der Waals surface area contributed by atoms with Crippen molar-refractivity contribution in [2.75, 3.05) is 27.1 Å². The van der Waals surface area contributed by atoms with Gasteiger partial charge < -0.3 is 19.9 Å². The second-order valence-electron chi connectivity index (χ2n) is 7.23. The summed E-state index contributed by atoms with van der Waals surface area (Å²) >= 11 is 0. The van der Waals surface area contributed by atoms with E-state index < -0.39 is 110 Å². The number of carbonyl (C=O) groups excluding carboxylic acids is 1. The van der Waals surface area contributed by atoms with E-state index in [0.29, 0.717) is 6.92 Å². The van der Waals surface area contributed by atoms with E-state index in [9.17, 15) is 11.6 Å². The number of rotatable bonds is 7. The molecular formula is C24H38N2O4. The molecule has 6 nitrogen and oxygen atoms in total. The largest absolute Gasteiger partial charge is 0.493 e. The van der Waals surface area contributed by atoms with Gasteiger partial charge in [0.25, 0.3) is 0 Å². The Balaban J connectivity index is 2.59. The molecule has 2 aliphatic rings. The molecule has 0 saturated carbocycles. The van der Waals surface area contributed by atoms with E-state index in [1.54, 1.807) is 0 Å². The van der Waals surface area contributed by atoms with Crippen LogP contribution in [-0.2, 0) is 15.9 Å². The lowest BCUT2D eigenvalue weighted by atomic mass is 9.79. The fourth-order valence-electron chi connectivity index (χ4n) is 3.00. The topological polar surface area (TPSA) is 74.0 Å². The molecule has 0 aliphatic carbocycles. The van der Waals surface area contributed by atoms with Gasteiger partial charge in [-0.1, -0.05) is 27.6 Å². The van der Waals surface area contributed by atoms with Gasteiger partial charge in [-0.25, -0.2) is 0 Å². The quantitative estimate of drug-likeness (QED) is 0.659. The van der Waals surface area contributed by atoms with Crippen molar-refractivity contribution < 1.29 is 43.7 Å². The monoisotopic (exact) mass is 436 g/mol. The van der Waals surface area contributed by atoms with Crippen molar-refractivity contribution in [2.24, 2.45) is 23.4 Å².